The Bertz CT molecular complexity index is 460. The van der Waals surface area contributed by atoms with Crippen LogP contribution in [0.5, 0.6) is 5.75 Å². The van der Waals surface area contributed by atoms with Gasteiger partial charge in [-0.05, 0) is 30.7 Å². The largest absolute Gasteiger partial charge is 0.484 e. The van der Waals surface area contributed by atoms with Crippen molar-refractivity contribution in [3.8, 4) is 11.8 Å². The highest BCUT2D eigenvalue weighted by atomic mass is 16.5. The average molecular weight is 258 g/mol. The smallest absolute Gasteiger partial charge is 0.260 e. The number of carbonyl (C=O) groups excluding carboxylic acids is 1. The normalized spacial score (nSPS) is 9.47. The summed E-state index contributed by atoms with van der Waals surface area (Å²) in [4.78, 5) is 13.6. The van der Waals surface area contributed by atoms with Crippen LogP contribution in [0.25, 0.3) is 0 Å². The highest BCUT2D eigenvalue weighted by Crippen LogP contribution is 2.11. The number of hydrogen-bond donors (Lipinski definition) is 0. The van der Waals surface area contributed by atoms with Crippen molar-refractivity contribution in [2.24, 2.45) is 0 Å². The van der Waals surface area contributed by atoms with Crippen molar-refractivity contribution in [1.82, 2.24) is 4.90 Å². The van der Waals surface area contributed by atoms with Gasteiger partial charge in [0.25, 0.3) is 5.91 Å². The predicted octanol–water partition coefficient (Wildman–Crippen LogP) is 2.36. The molecule has 0 saturated carbocycles. The van der Waals surface area contributed by atoms with Gasteiger partial charge in [0.15, 0.2) is 6.61 Å². The van der Waals surface area contributed by atoms with Gasteiger partial charge in [-0.25, -0.2) is 0 Å². The van der Waals surface area contributed by atoms with Crippen LogP contribution in [-0.4, -0.2) is 30.5 Å². The highest BCUT2D eigenvalue weighted by Gasteiger charge is 2.11. The molecule has 0 aliphatic heterocycles. The van der Waals surface area contributed by atoms with Gasteiger partial charge in [0.1, 0.15) is 5.75 Å². The lowest BCUT2D eigenvalue weighted by Crippen LogP contribution is -2.35. The molecule has 0 fully saturated rings. The zero-order valence-electron chi connectivity index (χ0n) is 11.1. The molecule has 1 aromatic rings. The molecule has 4 heteroatoms. The minimum atomic E-state index is -0.0638. The first-order chi connectivity index (χ1) is 9.21. The first-order valence-corrected chi connectivity index (χ1v) is 6.23. The van der Waals surface area contributed by atoms with Crippen molar-refractivity contribution < 1.29 is 9.53 Å². The maximum absolute atomic E-state index is 11.9. The Kier molecular flexibility index (Phi) is 6.17. The van der Waals surface area contributed by atoms with Crippen LogP contribution >= 0.6 is 0 Å². The van der Waals surface area contributed by atoms with Crippen LogP contribution in [0.15, 0.2) is 36.9 Å². The van der Waals surface area contributed by atoms with Crippen LogP contribution in [-0.2, 0) is 4.79 Å². The molecular weight excluding hydrogens is 240 g/mol. The number of nitriles is 1. The van der Waals surface area contributed by atoms with Crippen molar-refractivity contribution in [3.05, 3.63) is 42.5 Å². The molecule has 0 aromatic heterocycles. The maximum atomic E-state index is 11.9. The van der Waals surface area contributed by atoms with Gasteiger partial charge < -0.3 is 9.64 Å². The summed E-state index contributed by atoms with van der Waals surface area (Å²) in [7, 11) is 0. The first kappa shape index (κ1) is 14.8. The van der Waals surface area contributed by atoms with Crippen LogP contribution in [0.3, 0.4) is 0 Å². The third-order valence-corrected chi connectivity index (χ3v) is 2.54. The van der Waals surface area contributed by atoms with Gasteiger partial charge in [-0.1, -0.05) is 13.0 Å². The van der Waals surface area contributed by atoms with Gasteiger partial charge in [-0.2, -0.15) is 5.26 Å². The third kappa shape index (κ3) is 4.84. The molecule has 0 bridgehead atoms. The molecule has 0 saturated heterocycles. The maximum Gasteiger partial charge on any atom is 0.260 e. The Morgan fingerprint density at radius 1 is 1.47 bits per heavy atom. The number of benzene rings is 1. The zero-order valence-corrected chi connectivity index (χ0v) is 11.1. The van der Waals surface area contributed by atoms with E-state index in [1.807, 2.05) is 13.0 Å². The Morgan fingerprint density at radius 2 is 2.16 bits per heavy atom. The van der Waals surface area contributed by atoms with Crippen LogP contribution in [0.1, 0.15) is 18.9 Å². The molecule has 4 nitrogen and oxygen atoms in total. The van der Waals surface area contributed by atoms with Crippen molar-refractivity contribution in [1.29, 1.82) is 5.26 Å². The van der Waals surface area contributed by atoms with E-state index in [-0.39, 0.29) is 12.5 Å². The summed E-state index contributed by atoms with van der Waals surface area (Å²) in [5.41, 5.74) is 0.568. The van der Waals surface area contributed by atoms with Gasteiger partial charge in [-0.3, -0.25) is 4.79 Å². The second-order valence-corrected chi connectivity index (χ2v) is 4.05. The molecule has 0 spiro atoms. The number of amides is 1. The van der Waals surface area contributed by atoms with E-state index < -0.39 is 0 Å². The summed E-state index contributed by atoms with van der Waals surface area (Å²) in [5, 5.41) is 8.68. The molecule has 0 unspecified atom stereocenters. The highest BCUT2D eigenvalue weighted by molar-refractivity contribution is 5.77. The lowest BCUT2D eigenvalue weighted by molar-refractivity contribution is -0.132. The van der Waals surface area contributed by atoms with Gasteiger partial charge >= 0.3 is 0 Å². The van der Waals surface area contributed by atoms with Crippen LogP contribution < -0.4 is 4.74 Å². The Morgan fingerprint density at radius 3 is 2.68 bits per heavy atom. The molecule has 0 radical (unpaired) electrons. The van der Waals surface area contributed by atoms with Gasteiger partial charge in [-0.15, -0.1) is 6.58 Å². The predicted molar refractivity (Wildman–Crippen MR) is 73.7 cm³/mol. The molecule has 1 amide bonds. The number of nitrogens with zero attached hydrogens (tertiary/aromatic N) is 2. The summed E-state index contributed by atoms with van der Waals surface area (Å²) in [6.07, 6.45) is 2.60. The second kappa shape index (κ2) is 7.93. The third-order valence-electron chi connectivity index (χ3n) is 2.54. The molecule has 0 N–H and O–H groups in total. The molecule has 1 aromatic carbocycles. The minimum Gasteiger partial charge on any atom is -0.484 e. The standard InChI is InChI=1S/C15H18N2O2/c1-3-9-17(10-4-2)15(18)12-19-14-7-5-13(11-16)6-8-14/h3,5-8H,1,4,9-10,12H2,2H3. The second-order valence-electron chi connectivity index (χ2n) is 4.05. The van der Waals surface area contributed by atoms with Crippen molar-refractivity contribution in [2.75, 3.05) is 19.7 Å². The average Bonchev–Trinajstić information content (AvgIpc) is 2.45. The molecule has 19 heavy (non-hydrogen) atoms. The van der Waals surface area contributed by atoms with Crippen LogP contribution in [0, 0.1) is 11.3 Å². The Hall–Kier alpha value is -2.28. The topological polar surface area (TPSA) is 53.3 Å². The quantitative estimate of drug-likeness (QED) is 0.705. The van der Waals surface area contributed by atoms with Crippen molar-refractivity contribution >= 4 is 5.91 Å². The summed E-state index contributed by atoms with van der Waals surface area (Å²) in [6, 6.07) is 8.72. The Balaban J connectivity index is 2.51. The number of carbonyl (C=O) groups is 1. The molecule has 0 aliphatic carbocycles. The first-order valence-electron chi connectivity index (χ1n) is 6.23. The summed E-state index contributed by atoms with van der Waals surface area (Å²) < 4.78 is 5.41. The lowest BCUT2D eigenvalue weighted by Gasteiger charge is -2.20. The van der Waals surface area contributed by atoms with E-state index in [2.05, 4.69) is 6.58 Å². The molecule has 1 rings (SSSR count). The lowest BCUT2D eigenvalue weighted by atomic mass is 10.2. The summed E-state index contributed by atoms with van der Waals surface area (Å²) in [6.45, 7) is 6.88. The molecule has 0 aliphatic rings. The van der Waals surface area contributed by atoms with E-state index >= 15 is 0 Å². The fourth-order valence-electron chi connectivity index (χ4n) is 1.61. The minimum absolute atomic E-state index is 0.000258. The van der Waals surface area contributed by atoms with E-state index in [4.69, 9.17) is 10.00 Å². The molecule has 0 atom stereocenters. The number of hydrogen-bond acceptors (Lipinski definition) is 3. The van der Waals surface area contributed by atoms with Crippen LogP contribution in [0.2, 0.25) is 0 Å². The van der Waals surface area contributed by atoms with E-state index in [0.29, 0.717) is 24.4 Å². The van der Waals surface area contributed by atoms with E-state index in [1.165, 1.54) is 0 Å². The van der Waals surface area contributed by atoms with Crippen LogP contribution in [0.4, 0.5) is 0 Å². The monoisotopic (exact) mass is 258 g/mol. The van der Waals surface area contributed by atoms with Gasteiger partial charge in [0, 0.05) is 13.1 Å². The van der Waals surface area contributed by atoms with Gasteiger partial charge in [0.05, 0.1) is 11.6 Å². The zero-order chi connectivity index (χ0) is 14.1. The SMILES string of the molecule is C=CCN(CCC)C(=O)COc1ccc(C#N)cc1. The molecule has 100 valence electrons. The summed E-state index contributed by atoms with van der Waals surface area (Å²) >= 11 is 0. The fraction of sp³-hybridized carbons (Fsp3) is 0.333. The van der Waals surface area contributed by atoms with Crippen molar-refractivity contribution in [3.63, 3.8) is 0 Å². The number of rotatable bonds is 7. The Labute approximate surface area is 113 Å². The molecular formula is C15H18N2O2. The fourth-order valence-corrected chi connectivity index (χ4v) is 1.61. The van der Waals surface area contributed by atoms with Gasteiger partial charge in [0.2, 0.25) is 0 Å². The van der Waals surface area contributed by atoms with Crippen molar-refractivity contribution in [2.45, 2.75) is 13.3 Å². The number of ether oxygens (including phenoxy) is 1. The van der Waals surface area contributed by atoms with E-state index in [0.717, 1.165) is 6.42 Å². The van der Waals surface area contributed by atoms with E-state index in [1.54, 1.807) is 35.2 Å². The summed E-state index contributed by atoms with van der Waals surface area (Å²) in [5.74, 6) is 0.522. The van der Waals surface area contributed by atoms with E-state index in [9.17, 15) is 4.79 Å². The molecule has 0 heterocycles.